The minimum atomic E-state index is -3.32. The molecule has 2 rings (SSSR count). The average Bonchev–Trinajstić information content (AvgIpc) is 2.38. The number of morpholine rings is 1. The molecular formula is C12H19N3O3S. The molecule has 1 aromatic rings. The van der Waals surface area contributed by atoms with Crippen molar-refractivity contribution in [2.24, 2.45) is 0 Å². The number of nitrogens with zero attached hydrogens (tertiary/aromatic N) is 2. The van der Waals surface area contributed by atoms with Gasteiger partial charge in [-0.25, -0.2) is 8.42 Å². The Hall–Kier alpha value is -1.47. The maximum absolute atomic E-state index is 11.6. The molecule has 0 unspecified atom stereocenters. The fraction of sp³-hybridized carbons (Fsp3) is 0.500. The van der Waals surface area contributed by atoms with Gasteiger partial charge < -0.3 is 15.4 Å². The highest BCUT2D eigenvalue weighted by Gasteiger charge is 2.18. The Morgan fingerprint density at radius 2 is 1.95 bits per heavy atom. The highest BCUT2D eigenvalue weighted by atomic mass is 32.2. The minimum Gasteiger partial charge on any atom is -0.397 e. The molecule has 1 aliphatic rings. The monoisotopic (exact) mass is 285 g/mol. The second-order valence-corrected chi connectivity index (χ2v) is 6.59. The van der Waals surface area contributed by atoms with Crippen LogP contribution in [0, 0.1) is 0 Å². The minimum absolute atomic E-state index is 0.449. The number of ether oxygens (including phenoxy) is 1. The van der Waals surface area contributed by atoms with Crippen LogP contribution in [0.25, 0.3) is 0 Å². The summed E-state index contributed by atoms with van der Waals surface area (Å²) in [7, 11) is -1.81. The molecule has 19 heavy (non-hydrogen) atoms. The zero-order valence-electron chi connectivity index (χ0n) is 11.2. The standard InChI is InChI=1S/C12H19N3O3S/c1-14(19(2,16)17)12-9-10(3-4-11(12)13)15-5-7-18-8-6-15/h3-4,9H,5-8,13H2,1-2H3. The number of hydrogen-bond donors (Lipinski definition) is 1. The van der Waals surface area contributed by atoms with Gasteiger partial charge in [-0.1, -0.05) is 0 Å². The van der Waals surface area contributed by atoms with E-state index in [4.69, 9.17) is 10.5 Å². The molecule has 1 fully saturated rings. The van der Waals surface area contributed by atoms with E-state index in [1.165, 1.54) is 11.4 Å². The second kappa shape index (κ2) is 5.26. The smallest absolute Gasteiger partial charge is 0.232 e. The molecular weight excluding hydrogens is 266 g/mol. The van der Waals surface area contributed by atoms with Crippen LogP contribution in [0.4, 0.5) is 17.1 Å². The molecule has 2 N–H and O–H groups in total. The van der Waals surface area contributed by atoms with Crippen molar-refractivity contribution in [3.63, 3.8) is 0 Å². The summed E-state index contributed by atoms with van der Waals surface area (Å²) in [4.78, 5) is 2.16. The predicted octanol–water partition coefficient (Wildman–Crippen LogP) is 0.501. The lowest BCUT2D eigenvalue weighted by Crippen LogP contribution is -2.36. The zero-order chi connectivity index (χ0) is 14.0. The summed E-state index contributed by atoms with van der Waals surface area (Å²) in [5.41, 5.74) is 7.78. The van der Waals surface area contributed by atoms with Gasteiger partial charge in [0.1, 0.15) is 0 Å². The maximum atomic E-state index is 11.6. The van der Waals surface area contributed by atoms with E-state index in [2.05, 4.69) is 4.90 Å². The highest BCUT2D eigenvalue weighted by molar-refractivity contribution is 7.92. The Morgan fingerprint density at radius 3 is 2.53 bits per heavy atom. The lowest BCUT2D eigenvalue weighted by Gasteiger charge is -2.30. The number of anilines is 3. The molecule has 0 saturated carbocycles. The summed E-state index contributed by atoms with van der Waals surface area (Å²) >= 11 is 0. The molecule has 106 valence electrons. The van der Waals surface area contributed by atoms with Crippen molar-refractivity contribution in [1.29, 1.82) is 0 Å². The van der Waals surface area contributed by atoms with E-state index in [0.717, 1.165) is 25.0 Å². The van der Waals surface area contributed by atoms with Gasteiger partial charge in [-0.15, -0.1) is 0 Å². The Labute approximate surface area is 113 Å². The molecule has 0 radical (unpaired) electrons. The molecule has 1 saturated heterocycles. The van der Waals surface area contributed by atoms with E-state index in [-0.39, 0.29) is 0 Å². The summed E-state index contributed by atoms with van der Waals surface area (Å²) in [6.07, 6.45) is 1.16. The lowest BCUT2D eigenvalue weighted by atomic mass is 10.2. The van der Waals surface area contributed by atoms with Gasteiger partial charge in [0.15, 0.2) is 0 Å². The van der Waals surface area contributed by atoms with Gasteiger partial charge in [-0.3, -0.25) is 4.31 Å². The second-order valence-electron chi connectivity index (χ2n) is 4.57. The first-order valence-electron chi connectivity index (χ1n) is 6.06. The van der Waals surface area contributed by atoms with E-state index in [9.17, 15) is 8.42 Å². The molecule has 0 amide bonds. The van der Waals surface area contributed by atoms with Crippen molar-refractivity contribution in [3.8, 4) is 0 Å². The van der Waals surface area contributed by atoms with E-state index < -0.39 is 10.0 Å². The molecule has 0 bridgehead atoms. The van der Waals surface area contributed by atoms with E-state index >= 15 is 0 Å². The average molecular weight is 285 g/mol. The Kier molecular flexibility index (Phi) is 3.86. The molecule has 0 aromatic heterocycles. The molecule has 6 nitrogen and oxygen atoms in total. The Morgan fingerprint density at radius 1 is 1.32 bits per heavy atom. The Balaban J connectivity index is 2.34. The number of nitrogens with two attached hydrogens (primary N) is 1. The summed E-state index contributed by atoms with van der Waals surface area (Å²) in [5, 5.41) is 0. The van der Waals surface area contributed by atoms with Gasteiger partial charge in [-0.2, -0.15) is 0 Å². The van der Waals surface area contributed by atoms with Crippen LogP contribution in [-0.2, 0) is 14.8 Å². The zero-order valence-corrected chi connectivity index (χ0v) is 12.0. The van der Waals surface area contributed by atoms with Crippen LogP contribution >= 0.6 is 0 Å². The molecule has 1 aliphatic heterocycles. The molecule has 0 spiro atoms. The van der Waals surface area contributed by atoms with Crippen LogP contribution in [0.1, 0.15) is 0 Å². The van der Waals surface area contributed by atoms with Crippen molar-refractivity contribution in [1.82, 2.24) is 0 Å². The third-order valence-electron chi connectivity index (χ3n) is 3.23. The fourth-order valence-corrected chi connectivity index (χ4v) is 2.52. The van der Waals surface area contributed by atoms with Crippen LogP contribution in [0.2, 0.25) is 0 Å². The van der Waals surface area contributed by atoms with Crippen molar-refractivity contribution in [2.45, 2.75) is 0 Å². The van der Waals surface area contributed by atoms with E-state index in [0.29, 0.717) is 24.6 Å². The first-order chi connectivity index (χ1) is 8.89. The predicted molar refractivity (Wildman–Crippen MR) is 77.1 cm³/mol. The summed E-state index contributed by atoms with van der Waals surface area (Å²) in [5.74, 6) is 0. The van der Waals surface area contributed by atoms with Crippen molar-refractivity contribution in [2.75, 3.05) is 54.5 Å². The van der Waals surface area contributed by atoms with Gasteiger partial charge in [0, 0.05) is 25.8 Å². The van der Waals surface area contributed by atoms with Crippen LogP contribution in [0.5, 0.6) is 0 Å². The fourth-order valence-electron chi connectivity index (χ4n) is 2.00. The topological polar surface area (TPSA) is 75.9 Å². The third kappa shape index (κ3) is 3.10. The third-order valence-corrected chi connectivity index (χ3v) is 4.42. The molecule has 0 atom stereocenters. The summed E-state index contributed by atoms with van der Waals surface area (Å²) in [6.45, 7) is 2.96. The van der Waals surface area contributed by atoms with Gasteiger partial charge in [0.05, 0.1) is 30.8 Å². The van der Waals surface area contributed by atoms with Crippen molar-refractivity contribution >= 4 is 27.1 Å². The van der Waals surface area contributed by atoms with Crippen LogP contribution < -0.4 is 14.9 Å². The summed E-state index contributed by atoms with van der Waals surface area (Å²) < 4.78 is 29.7. The summed E-state index contributed by atoms with van der Waals surface area (Å²) in [6, 6.07) is 5.45. The van der Waals surface area contributed by atoms with Crippen molar-refractivity contribution in [3.05, 3.63) is 18.2 Å². The van der Waals surface area contributed by atoms with E-state index in [1.54, 1.807) is 6.07 Å². The molecule has 1 heterocycles. The first-order valence-corrected chi connectivity index (χ1v) is 7.90. The number of nitrogen functional groups attached to an aromatic ring is 1. The Bertz CT molecular complexity index is 553. The van der Waals surface area contributed by atoms with Gasteiger partial charge in [0.25, 0.3) is 0 Å². The number of rotatable bonds is 3. The van der Waals surface area contributed by atoms with E-state index in [1.807, 2.05) is 12.1 Å². The van der Waals surface area contributed by atoms with Crippen molar-refractivity contribution < 1.29 is 13.2 Å². The SMILES string of the molecule is CN(c1cc(N2CCOCC2)ccc1N)S(C)(=O)=O. The lowest BCUT2D eigenvalue weighted by molar-refractivity contribution is 0.122. The van der Waals surface area contributed by atoms with Gasteiger partial charge in [0.2, 0.25) is 10.0 Å². The van der Waals surface area contributed by atoms with Gasteiger partial charge in [-0.05, 0) is 18.2 Å². The van der Waals surface area contributed by atoms with Crippen LogP contribution in [-0.4, -0.2) is 48.0 Å². The first kappa shape index (κ1) is 14.0. The number of benzene rings is 1. The number of sulfonamides is 1. The normalized spacial score (nSPS) is 16.4. The number of hydrogen-bond acceptors (Lipinski definition) is 5. The maximum Gasteiger partial charge on any atom is 0.232 e. The quantitative estimate of drug-likeness (QED) is 0.819. The molecule has 0 aliphatic carbocycles. The van der Waals surface area contributed by atoms with Crippen LogP contribution in [0.3, 0.4) is 0 Å². The largest absolute Gasteiger partial charge is 0.397 e. The molecule has 1 aromatic carbocycles. The highest BCUT2D eigenvalue weighted by Crippen LogP contribution is 2.29. The van der Waals surface area contributed by atoms with Gasteiger partial charge >= 0.3 is 0 Å². The molecule has 7 heteroatoms. The van der Waals surface area contributed by atoms with Crippen LogP contribution in [0.15, 0.2) is 18.2 Å².